The van der Waals surface area contributed by atoms with Crippen molar-refractivity contribution in [3.8, 4) is 11.8 Å². The molecule has 0 saturated heterocycles. The molecule has 22 heavy (non-hydrogen) atoms. The highest BCUT2D eigenvalue weighted by Crippen LogP contribution is 2.18. The summed E-state index contributed by atoms with van der Waals surface area (Å²) in [5.41, 5.74) is 5.19. The fourth-order valence-electron chi connectivity index (χ4n) is 2.27. The maximum absolute atomic E-state index is 3.64. The number of halogens is 2. The van der Waals surface area contributed by atoms with Crippen molar-refractivity contribution in [3.05, 3.63) is 82.9 Å². The van der Waals surface area contributed by atoms with Gasteiger partial charge in [-0.3, -0.25) is 0 Å². The van der Waals surface area contributed by atoms with Gasteiger partial charge in [-0.25, -0.2) is 0 Å². The molecule has 2 heteroatoms. The van der Waals surface area contributed by atoms with E-state index in [1.54, 1.807) is 0 Å². The number of alkyl halides is 2. The minimum absolute atomic E-state index is 0.701. The molecule has 0 amide bonds. The Morgan fingerprint density at radius 1 is 0.773 bits per heavy atom. The Morgan fingerprint density at radius 3 is 1.82 bits per heavy atom. The summed E-state index contributed by atoms with van der Waals surface area (Å²) in [6, 6.07) is 21.1. The number of hydrogen-bond acceptors (Lipinski definition) is 0. The third-order valence-electron chi connectivity index (χ3n) is 3.38. The molecule has 0 radical (unpaired) electrons. The van der Waals surface area contributed by atoms with Crippen LogP contribution in [0.5, 0.6) is 0 Å². The number of benzene rings is 2. The van der Waals surface area contributed by atoms with Gasteiger partial charge in [-0.15, -0.1) is 0 Å². The Bertz CT molecular complexity index is 661. The summed E-state index contributed by atoms with van der Waals surface area (Å²) in [6.45, 7) is 0. The van der Waals surface area contributed by atoms with Crippen molar-refractivity contribution >= 4 is 31.9 Å². The summed E-state index contributed by atoms with van der Waals surface area (Å²) < 4.78 is 0. The maximum Gasteiger partial charge on any atom is 0.0649 e. The van der Waals surface area contributed by atoms with Crippen LogP contribution in [0.2, 0.25) is 0 Å². The molecule has 0 bridgehead atoms. The Hall–Kier alpha value is -1.30. The van der Waals surface area contributed by atoms with Crippen LogP contribution in [0.1, 0.15) is 11.1 Å². The van der Waals surface area contributed by atoms with Crippen molar-refractivity contribution in [2.45, 2.75) is 12.8 Å². The summed E-state index contributed by atoms with van der Waals surface area (Å²) in [7, 11) is 0. The monoisotopic (exact) mass is 416 g/mol. The lowest BCUT2D eigenvalue weighted by atomic mass is 9.96. The quantitative estimate of drug-likeness (QED) is 0.441. The van der Waals surface area contributed by atoms with Crippen molar-refractivity contribution < 1.29 is 0 Å². The molecule has 0 N–H and O–H groups in total. The third-order valence-corrected chi connectivity index (χ3v) is 4.34. The van der Waals surface area contributed by atoms with Gasteiger partial charge in [-0.1, -0.05) is 104 Å². The first-order chi connectivity index (χ1) is 10.8. The molecule has 2 aromatic carbocycles. The predicted octanol–water partition coefficient (Wildman–Crippen LogP) is 5.56. The summed E-state index contributed by atoms with van der Waals surface area (Å²) in [6.07, 6.45) is 1.82. The minimum atomic E-state index is 0.701. The van der Waals surface area contributed by atoms with Crippen molar-refractivity contribution in [3.63, 3.8) is 0 Å². The van der Waals surface area contributed by atoms with E-state index in [1.807, 2.05) is 6.07 Å². The second kappa shape index (κ2) is 9.66. The minimum Gasteiger partial charge on any atom is -0.0879 e. The van der Waals surface area contributed by atoms with Crippen molar-refractivity contribution in [2.75, 3.05) is 10.7 Å². The van der Waals surface area contributed by atoms with Gasteiger partial charge in [0.2, 0.25) is 0 Å². The van der Waals surface area contributed by atoms with Gasteiger partial charge in [-0.05, 0) is 23.1 Å². The van der Waals surface area contributed by atoms with Gasteiger partial charge in [0.05, 0.1) is 5.33 Å². The van der Waals surface area contributed by atoms with Gasteiger partial charge in [-0.2, -0.15) is 0 Å². The first-order valence-electron chi connectivity index (χ1n) is 7.23. The average Bonchev–Trinajstić information content (AvgIpc) is 2.58. The Labute approximate surface area is 149 Å². The van der Waals surface area contributed by atoms with E-state index in [0.717, 1.165) is 18.2 Å². The average molecular weight is 418 g/mol. The molecular weight excluding hydrogens is 400 g/mol. The lowest BCUT2D eigenvalue weighted by molar-refractivity contribution is 1.08. The Morgan fingerprint density at radius 2 is 1.32 bits per heavy atom. The van der Waals surface area contributed by atoms with Crippen molar-refractivity contribution in [1.82, 2.24) is 0 Å². The van der Waals surface area contributed by atoms with E-state index in [9.17, 15) is 0 Å². The number of hydrogen-bond donors (Lipinski definition) is 0. The largest absolute Gasteiger partial charge is 0.0879 e. The fraction of sp³-hybridized carbons (Fsp3) is 0.200. The molecule has 0 nitrogen and oxygen atoms in total. The molecule has 0 aliphatic rings. The van der Waals surface area contributed by atoms with E-state index >= 15 is 0 Å². The zero-order valence-electron chi connectivity index (χ0n) is 12.4. The van der Waals surface area contributed by atoms with Gasteiger partial charge in [0.15, 0.2) is 0 Å². The van der Waals surface area contributed by atoms with Crippen molar-refractivity contribution in [2.24, 2.45) is 0 Å². The second-order valence-electron chi connectivity index (χ2n) is 4.98. The normalized spacial score (nSPS) is 11.4. The van der Waals surface area contributed by atoms with Crippen LogP contribution in [0.15, 0.2) is 71.8 Å². The summed E-state index contributed by atoms with van der Waals surface area (Å²) in [5, 5.41) is 1.55. The van der Waals surface area contributed by atoms with Gasteiger partial charge in [0, 0.05) is 17.3 Å². The third kappa shape index (κ3) is 5.48. The first-order valence-corrected chi connectivity index (χ1v) is 9.47. The maximum atomic E-state index is 3.64. The van der Waals surface area contributed by atoms with Gasteiger partial charge in [0.25, 0.3) is 0 Å². The smallest absolute Gasteiger partial charge is 0.0649 e. The highest BCUT2D eigenvalue weighted by molar-refractivity contribution is 9.09. The van der Waals surface area contributed by atoms with E-state index in [1.165, 1.54) is 22.3 Å². The van der Waals surface area contributed by atoms with Gasteiger partial charge >= 0.3 is 0 Å². The van der Waals surface area contributed by atoms with Crippen LogP contribution >= 0.6 is 31.9 Å². The molecule has 0 saturated carbocycles. The van der Waals surface area contributed by atoms with Crippen LogP contribution in [-0.4, -0.2) is 10.7 Å². The molecule has 0 aliphatic carbocycles. The standard InChI is InChI=1S/C20H18Br2/c21-13-7-12-19(14-17-8-3-1-4-9-17)20(16-22)15-18-10-5-2-6-11-18/h1-6,8-11H,13-16H2/b20-19-. The highest BCUT2D eigenvalue weighted by Gasteiger charge is 2.06. The summed E-state index contributed by atoms with van der Waals surface area (Å²) >= 11 is 7.04. The lowest BCUT2D eigenvalue weighted by Crippen LogP contribution is -2.00. The first kappa shape index (κ1) is 17.1. The molecule has 0 fully saturated rings. The SMILES string of the molecule is BrCC#C/C(Cc1ccccc1)=C(/CBr)Cc1ccccc1. The molecule has 2 rings (SSSR count). The van der Waals surface area contributed by atoms with Crippen LogP contribution in [0.3, 0.4) is 0 Å². The van der Waals surface area contributed by atoms with Crippen LogP contribution in [0.25, 0.3) is 0 Å². The molecule has 0 aliphatic heterocycles. The van der Waals surface area contributed by atoms with Crippen LogP contribution in [-0.2, 0) is 12.8 Å². The number of allylic oxidation sites excluding steroid dienone is 2. The van der Waals surface area contributed by atoms with Gasteiger partial charge in [0.1, 0.15) is 0 Å². The molecular formula is C20H18Br2. The number of rotatable bonds is 5. The molecule has 0 heterocycles. The zero-order valence-corrected chi connectivity index (χ0v) is 15.5. The zero-order chi connectivity index (χ0) is 15.6. The molecule has 2 aromatic rings. The van der Waals surface area contributed by atoms with E-state index in [2.05, 4.69) is 98.3 Å². The second-order valence-corrected chi connectivity index (χ2v) is 6.10. The molecule has 0 spiro atoms. The summed E-state index contributed by atoms with van der Waals surface area (Å²) in [5.74, 6) is 6.50. The topological polar surface area (TPSA) is 0 Å². The lowest BCUT2D eigenvalue weighted by Gasteiger charge is -2.10. The fourth-order valence-corrected chi connectivity index (χ4v) is 2.95. The predicted molar refractivity (Wildman–Crippen MR) is 103 cm³/mol. The van der Waals surface area contributed by atoms with E-state index < -0.39 is 0 Å². The molecule has 0 atom stereocenters. The Kier molecular flexibility index (Phi) is 7.49. The summed E-state index contributed by atoms with van der Waals surface area (Å²) in [4.78, 5) is 0. The Balaban J connectivity index is 2.30. The van der Waals surface area contributed by atoms with Crippen LogP contribution in [0.4, 0.5) is 0 Å². The van der Waals surface area contributed by atoms with Crippen LogP contribution < -0.4 is 0 Å². The molecule has 0 aromatic heterocycles. The molecule has 112 valence electrons. The van der Waals surface area contributed by atoms with E-state index in [-0.39, 0.29) is 0 Å². The molecule has 0 unspecified atom stereocenters. The highest BCUT2D eigenvalue weighted by atomic mass is 79.9. The van der Waals surface area contributed by atoms with Crippen LogP contribution in [0, 0.1) is 11.8 Å². The van der Waals surface area contributed by atoms with Crippen molar-refractivity contribution in [1.29, 1.82) is 0 Å². The van der Waals surface area contributed by atoms with Gasteiger partial charge < -0.3 is 0 Å². The van der Waals surface area contributed by atoms with E-state index in [0.29, 0.717) is 5.33 Å². The van der Waals surface area contributed by atoms with E-state index in [4.69, 9.17) is 0 Å².